The highest BCUT2D eigenvalue weighted by Crippen LogP contribution is 2.22. The van der Waals surface area contributed by atoms with Crippen LogP contribution in [0.4, 0.5) is 5.69 Å². The molecule has 1 amide bonds. The number of nitrogens with zero attached hydrogens (tertiary/aromatic N) is 1. The highest BCUT2D eigenvalue weighted by Gasteiger charge is 2.14. The highest BCUT2D eigenvalue weighted by molar-refractivity contribution is 7.12. The van der Waals surface area contributed by atoms with Gasteiger partial charge in [0.1, 0.15) is 4.88 Å². The second kappa shape index (κ2) is 5.35. The standard InChI is InChI=1S/C16H14N2OS/c1-12-4-6-13(7-5-12)17-16(19)15-14(8-11-20-15)18-9-2-3-10-18/h2-11H,1H3,(H,17,19). The second-order valence-electron chi connectivity index (χ2n) is 4.55. The topological polar surface area (TPSA) is 34.0 Å². The maximum absolute atomic E-state index is 12.4. The number of benzene rings is 1. The predicted molar refractivity (Wildman–Crippen MR) is 82.8 cm³/mol. The van der Waals surface area contributed by atoms with E-state index in [0.717, 1.165) is 11.4 Å². The molecule has 0 saturated carbocycles. The smallest absolute Gasteiger partial charge is 0.267 e. The van der Waals surface area contributed by atoms with Gasteiger partial charge in [-0.2, -0.15) is 0 Å². The van der Waals surface area contributed by atoms with Gasteiger partial charge in [0, 0.05) is 18.1 Å². The quantitative estimate of drug-likeness (QED) is 0.771. The lowest BCUT2D eigenvalue weighted by Crippen LogP contribution is -2.12. The molecule has 1 aromatic carbocycles. The van der Waals surface area contributed by atoms with Gasteiger partial charge >= 0.3 is 0 Å². The van der Waals surface area contributed by atoms with Gasteiger partial charge in [-0.25, -0.2) is 0 Å². The molecule has 0 saturated heterocycles. The van der Waals surface area contributed by atoms with Gasteiger partial charge in [-0.05, 0) is 42.6 Å². The van der Waals surface area contributed by atoms with E-state index in [9.17, 15) is 4.79 Å². The predicted octanol–water partition coefficient (Wildman–Crippen LogP) is 4.10. The second-order valence-corrected chi connectivity index (χ2v) is 5.46. The Bertz CT molecular complexity index is 711. The van der Waals surface area contributed by atoms with Gasteiger partial charge in [-0.15, -0.1) is 11.3 Å². The first-order valence-electron chi connectivity index (χ1n) is 6.33. The zero-order chi connectivity index (χ0) is 13.9. The normalized spacial score (nSPS) is 10.4. The summed E-state index contributed by atoms with van der Waals surface area (Å²) in [6, 6.07) is 13.6. The van der Waals surface area contributed by atoms with Crippen LogP contribution >= 0.6 is 11.3 Å². The first kappa shape index (κ1) is 12.7. The van der Waals surface area contributed by atoms with Crippen molar-refractivity contribution in [3.63, 3.8) is 0 Å². The van der Waals surface area contributed by atoms with Crippen molar-refractivity contribution in [2.45, 2.75) is 6.92 Å². The van der Waals surface area contributed by atoms with Gasteiger partial charge in [0.15, 0.2) is 0 Å². The van der Waals surface area contributed by atoms with E-state index in [1.165, 1.54) is 16.9 Å². The average molecular weight is 282 g/mol. The zero-order valence-corrected chi connectivity index (χ0v) is 11.9. The monoisotopic (exact) mass is 282 g/mol. The molecule has 100 valence electrons. The minimum absolute atomic E-state index is 0.0763. The van der Waals surface area contributed by atoms with Gasteiger partial charge < -0.3 is 9.88 Å². The number of thiophene rings is 1. The fraction of sp³-hybridized carbons (Fsp3) is 0.0625. The Labute approximate surface area is 121 Å². The number of carbonyl (C=O) groups is 1. The molecule has 1 N–H and O–H groups in total. The Morgan fingerprint density at radius 3 is 2.50 bits per heavy atom. The summed E-state index contributed by atoms with van der Waals surface area (Å²) in [6.07, 6.45) is 3.87. The lowest BCUT2D eigenvalue weighted by atomic mass is 10.2. The van der Waals surface area contributed by atoms with Crippen LogP contribution in [0, 0.1) is 6.92 Å². The molecule has 4 heteroatoms. The third-order valence-electron chi connectivity index (χ3n) is 3.04. The molecule has 20 heavy (non-hydrogen) atoms. The van der Waals surface area contributed by atoms with Crippen molar-refractivity contribution in [1.82, 2.24) is 4.57 Å². The number of hydrogen-bond donors (Lipinski definition) is 1. The fourth-order valence-corrected chi connectivity index (χ4v) is 2.78. The SMILES string of the molecule is Cc1ccc(NC(=O)c2sccc2-n2cccc2)cc1. The van der Waals surface area contributed by atoms with E-state index in [0.29, 0.717) is 4.88 Å². The molecular formula is C16H14N2OS. The first-order valence-corrected chi connectivity index (χ1v) is 7.21. The van der Waals surface area contributed by atoms with Gasteiger partial charge in [-0.1, -0.05) is 17.7 Å². The molecule has 0 unspecified atom stereocenters. The van der Waals surface area contributed by atoms with E-state index in [1.54, 1.807) is 0 Å². The molecule has 3 aromatic rings. The molecule has 0 aliphatic carbocycles. The maximum atomic E-state index is 12.4. The van der Waals surface area contributed by atoms with Gasteiger partial charge in [0.05, 0.1) is 5.69 Å². The summed E-state index contributed by atoms with van der Waals surface area (Å²) in [7, 11) is 0. The van der Waals surface area contributed by atoms with E-state index >= 15 is 0 Å². The van der Waals surface area contributed by atoms with Gasteiger partial charge in [0.2, 0.25) is 0 Å². The van der Waals surface area contributed by atoms with Crippen molar-refractivity contribution in [2.75, 3.05) is 5.32 Å². The number of aromatic nitrogens is 1. The van der Waals surface area contributed by atoms with Crippen molar-refractivity contribution in [1.29, 1.82) is 0 Å². The first-order chi connectivity index (χ1) is 9.74. The fourth-order valence-electron chi connectivity index (χ4n) is 2.00. The maximum Gasteiger partial charge on any atom is 0.267 e. The van der Waals surface area contributed by atoms with E-state index in [1.807, 2.05) is 71.7 Å². The van der Waals surface area contributed by atoms with E-state index in [2.05, 4.69) is 5.32 Å². The average Bonchev–Trinajstić information content (AvgIpc) is 3.11. The van der Waals surface area contributed by atoms with Crippen molar-refractivity contribution in [3.05, 3.63) is 70.7 Å². The number of amides is 1. The molecule has 3 rings (SSSR count). The Kier molecular flexibility index (Phi) is 3.39. The van der Waals surface area contributed by atoms with Gasteiger partial charge in [0.25, 0.3) is 5.91 Å². The molecule has 0 radical (unpaired) electrons. The molecule has 0 spiro atoms. The Morgan fingerprint density at radius 2 is 1.80 bits per heavy atom. The lowest BCUT2D eigenvalue weighted by Gasteiger charge is -2.07. The molecule has 0 bridgehead atoms. The summed E-state index contributed by atoms with van der Waals surface area (Å²) in [6.45, 7) is 2.02. The molecule has 3 nitrogen and oxygen atoms in total. The van der Waals surface area contributed by atoms with Crippen molar-refractivity contribution in [2.24, 2.45) is 0 Å². The van der Waals surface area contributed by atoms with Crippen molar-refractivity contribution < 1.29 is 4.79 Å². The van der Waals surface area contributed by atoms with Crippen LogP contribution in [0.15, 0.2) is 60.2 Å². The van der Waals surface area contributed by atoms with Crippen LogP contribution in [0.3, 0.4) is 0 Å². The zero-order valence-electron chi connectivity index (χ0n) is 11.0. The third-order valence-corrected chi connectivity index (χ3v) is 3.95. The summed E-state index contributed by atoms with van der Waals surface area (Å²) in [4.78, 5) is 13.1. The number of carbonyl (C=O) groups excluding carboxylic acids is 1. The molecular weight excluding hydrogens is 268 g/mol. The van der Waals surface area contributed by atoms with Crippen molar-refractivity contribution >= 4 is 22.9 Å². The lowest BCUT2D eigenvalue weighted by molar-refractivity contribution is 0.103. The Balaban J connectivity index is 1.85. The molecule has 0 aliphatic heterocycles. The number of hydrogen-bond acceptors (Lipinski definition) is 2. The molecule has 0 fully saturated rings. The summed E-state index contributed by atoms with van der Waals surface area (Å²) < 4.78 is 1.94. The summed E-state index contributed by atoms with van der Waals surface area (Å²) in [5.74, 6) is -0.0763. The minimum Gasteiger partial charge on any atom is -0.322 e. The van der Waals surface area contributed by atoms with E-state index in [4.69, 9.17) is 0 Å². The van der Waals surface area contributed by atoms with Crippen LogP contribution in [-0.2, 0) is 0 Å². The van der Waals surface area contributed by atoms with Crippen LogP contribution < -0.4 is 5.32 Å². The van der Waals surface area contributed by atoms with Crippen LogP contribution in [0.5, 0.6) is 0 Å². The molecule has 2 aromatic heterocycles. The molecule has 0 aliphatic rings. The van der Waals surface area contributed by atoms with Crippen molar-refractivity contribution in [3.8, 4) is 5.69 Å². The van der Waals surface area contributed by atoms with Crippen LogP contribution in [0.25, 0.3) is 5.69 Å². The minimum atomic E-state index is -0.0763. The Hall–Kier alpha value is -2.33. The van der Waals surface area contributed by atoms with E-state index < -0.39 is 0 Å². The number of aryl methyl sites for hydroxylation is 1. The number of rotatable bonds is 3. The largest absolute Gasteiger partial charge is 0.322 e. The van der Waals surface area contributed by atoms with Crippen LogP contribution in [0.1, 0.15) is 15.2 Å². The summed E-state index contributed by atoms with van der Waals surface area (Å²) in [5, 5.41) is 4.86. The van der Waals surface area contributed by atoms with Crippen LogP contribution in [-0.4, -0.2) is 10.5 Å². The Morgan fingerprint density at radius 1 is 1.10 bits per heavy atom. The highest BCUT2D eigenvalue weighted by atomic mass is 32.1. The number of nitrogens with one attached hydrogen (secondary N) is 1. The third kappa shape index (κ3) is 2.51. The number of anilines is 1. The summed E-state index contributed by atoms with van der Waals surface area (Å²) >= 11 is 1.45. The van der Waals surface area contributed by atoms with Gasteiger partial charge in [-0.3, -0.25) is 4.79 Å². The van der Waals surface area contributed by atoms with E-state index in [-0.39, 0.29) is 5.91 Å². The van der Waals surface area contributed by atoms with Crippen LogP contribution in [0.2, 0.25) is 0 Å². The summed E-state index contributed by atoms with van der Waals surface area (Å²) in [5.41, 5.74) is 2.89. The molecule has 2 heterocycles. The molecule has 0 atom stereocenters.